The van der Waals surface area contributed by atoms with Crippen molar-refractivity contribution in [3.05, 3.63) is 18.0 Å². The number of nitrogens with zero attached hydrogens (tertiary/aromatic N) is 3. The van der Waals surface area contributed by atoms with Crippen molar-refractivity contribution in [3.8, 4) is 0 Å². The van der Waals surface area contributed by atoms with Gasteiger partial charge in [0, 0.05) is 38.4 Å². The maximum atomic E-state index is 4.27. The lowest BCUT2D eigenvalue weighted by atomic mass is 9.94. The van der Waals surface area contributed by atoms with Gasteiger partial charge in [-0.3, -0.25) is 9.58 Å². The van der Waals surface area contributed by atoms with Gasteiger partial charge in [-0.25, -0.2) is 0 Å². The summed E-state index contributed by atoms with van der Waals surface area (Å²) in [5.74, 6) is 0.861. The first-order valence-corrected chi connectivity index (χ1v) is 6.71. The Morgan fingerprint density at radius 3 is 3.06 bits per heavy atom. The molecule has 0 radical (unpaired) electrons. The van der Waals surface area contributed by atoms with Gasteiger partial charge in [0.2, 0.25) is 0 Å². The molecular weight excluding hydrogens is 212 g/mol. The van der Waals surface area contributed by atoms with Gasteiger partial charge in [-0.05, 0) is 38.3 Å². The van der Waals surface area contributed by atoms with Crippen LogP contribution in [-0.4, -0.2) is 40.4 Å². The van der Waals surface area contributed by atoms with Crippen LogP contribution in [0.5, 0.6) is 0 Å². The van der Waals surface area contributed by atoms with Gasteiger partial charge >= 0.3 is 0 Å². The second-order valence-electron chi connectivity index (χ2n) is 5.47. The molecule has 4 nitrogen and oxygen atoms in total. The van der Waals surface area contributed by atoms with E-state index >= 15 is 0 Å². The average molecular weight is 234 g/mol. The lowest BCUT2D eigenvalue weighted by molar-refractivity contribution is 0.241. The van der Waals surface area contributed by atoms with E-state index in [-0.39, 0.29) is 0 Å². The van der Waals surface area contributed by atoms with E-state index < -0.39 is 0 Å². The van der Waals surface area contributed by atoms with E-state index in [0.29, 0.717) is 6.04 Å². The van der Waals surface area contributed by atoms with Crippen molar-refractivity contribution < 1.29 is 0 Å². The topological polar surface area (TPSA) is 33.1 Å². The number of piperidine rings is 1. The molecule has 1 unspecified atom stereocenters. The van der Waals surface area contributed by atoms with E-state index in [9.17, 15) is 0 Å². The van der Waals surface area contributed by atoms with Crippen LogP contribution in [0.3, 0.4) is 0 Å². The zero-order valence-corrected chi connectivity index (χ0v) is 10.8. The number of hydrogen-bond donors (Lipinski definition) is 1. The van der Waals surface area contributed by atoms with Gasteiger partial charge in [0.15, 0.2) is 0 Å². The predicted molar refractivity (Wildman–Crippen MR) is 67.7 cm³/mol. The van der Waals surface area contributed by atoms with Gasteiger partial charge in [0.1, 0.15) is 0 Å². The first-order chi connectivity index (χ1) is 8.25. The molecule has 0 aromatic carbocycles. The number of likely N-dealkylation sites (tertiary alicyclic amines) is 1. The van der Waals surface area contributed by atoms with Crippen molar-refractivity contribution >= 4 is 0 Å². The van der Waals surface area contributed by atoms with Gasteiger partial charge in [-0.2, -0.15) is 5.10 Å². The largest absolute Gasteiger partial charge is 0.312 e. The lowest BCUT2D eigenvalue weighted by Gasteiger charge is -2.25. The molecule has 0 saturated carbocycles. The Morgan fingerprint density at radius 2 is 2.35 bits per heavy atom. The Labute approximate surface area is 103 Å². The third-order valence-electron chi connectivity index (χ3n) is 4.46. The number of hydrogen-bond acceptors (Lipinski definition) is 3. The first kappa shape index (κ1) is 11.2. The molecule has 3 atom stereocenters. The molecule has 0 amide bonds. The molecule has 2 aliphatic rings. The second-order valence-corrected chi connectivity index (χ2v) is 5.47. The molecule has 3 rings (SSSR count). The van der Waals surface area contributed by atoms with E-state index in [0.717, 1.165) is 12.0 Å². The summed E-state index contributed by atoms with van der Waals surface area (Å²) < 4.78 is 2.00. The van der Waals surface area contributed by atoms with Crippen LogP contribution in [0, 0.1) is 5.92 Å². The SMILES string of the molecule is CC(c1ccnn1C)N1C[C@@H]2CCCN[C@@H]2C1. The molecule has 2 saturated heterocycles. The molecule has 4 heteroatoms. The normalized spacial score (nSPS) is 31.4. The smallest absolute Gasteiger partial charge is 0.0549 e. The monoisotopic (exact) mass is 234 g/mol. The molecular formula is C13H22N4. The number of aryl methyl sites for hydroxylation is 1. The summed E-state index contributed by atoms with van der Waals surface area (Å²) in [5, 5.41) is 7.94. The maximum Gasteiger partial charge on any atom is 0.0549 e. The van der Waals surface area contributed by atoms with Crippen LogP contribution < -0.4 is 5.32 Å². The zero-order valence-electron chi connectivity index (χ0n) is 10.8. The van der Waals surface area contributed by atoms with E-state index in [4.69, 9.17) is 0 Å². The molecule has 0 aliphatic carbocycles. The highest BCUT2D eigenvalue weighted by atomic mass is 15.3. The summed E-state index contributed by atoms with van der Waals surface area (Å²) in [6.45, 7) is 5.93. The quantitative estimate of drug-likeness (QED) is 0.834. The van der Waals surface area contributed by atoms with Crippen LogP contribution in [0.15, 0.2) is 12.3 Å². The van der Waals surface area contributed by atoms with Crippen LogP contribution in [0.25, 0.3) is 0 Å². The summed E-state index contributed by atoms with van der Waals surface area (Å²) in [5.41, 5.74) is 1.32. The molecule has 1 aromatic heterocycles. The minimum Gasteiger partial charge on any atom is -0.312 e. The highest BCUT2D eigenvalue weighted by molar-refractivity contribution is 5.08. The molecule has 17 heavy (non-hydrogen) atoms. The predicted octanol–water partition coefficient (Wildman–Crippen LogP) is 1.16. The summed E-state index contributed by atoms with van der Waals surface area (Å²) in [6.07, 6.45) is 4.63. The van der Waals surface area contributed by atoms with Crippen molar-refractivity contribution in [2.75, 3.05) is 19.6 Å². The number of aromatic nitrogens is 2. The van der Waals surface area contributed by atoms with E-state index in [1.54, 1.807) is 0 Å². The molecule has 0 spiro atoms. The summed E-state index contributed by atoms with van der Waals surface area (Å²) in [6, 6.07) is 3.34. The third-order valence-corrected chi connectivity index (χ3v) is 4.46. The van der Waals surface area contributed by atoms with E-state index in [1.807, 2.05) is 17.9 Å². The fraction of sp³-hybridized carbons (Fsp3) is 0.769. The number of nitrogens with one attached hydrogen (secondary N) is 1. The van der Waals surface area contributed by atoms with Crippen molar-refractivity contribution in [1.82, 2.24) is 20.0 Å². The van der Waals surface area contributed by atoms with Gasteiger partial charge in [-0.1, -0.05) is 0 Å². The molecule has 2 fully saturated rings. The molecule has 94 valence electrons. The van der Waals surface area contributed by atoms with Crippen LogP contribution >= 0.6 is 0 Å². The third kappa shape index (κ3) is 2.00. The standard InChI is InChI=1S/C13H22N4/c1-10(13-5-7-15-16(13)2)17-8-11-4-3-6-14-12(11)9-17/h5,7,10-12,14H,3-4,6,8-9H2,1-2H3/t10?,11-,12+/m0/s1. The molecule has 1 aromatic rings. The zero-order chi connectivity index (χ0) is 11.8. The lowest BCUT2D eigenvalue weighted by Crippen LogP contribution is -2.40. The molecule has 0 bridgehead atoms. The second kappa shape index (κ2) is 4.42. The Hall–Kier alpha value is -0.870. The van der Waals surface area contributed by atoms with Gasteiger partial charge in [-0.15, -0.1) is 0 Å². The average Bonchev–Trinajstić information content (AvgIpc) is 2.93. The summed E-state index contributed by atoms with van der Waals surface area (Å²) in [7, 11) is 2.03. The molecule has 1 N–H and O–H groups in total. The highest BCUT2D eigenvalue weighted by Gasteiger charge is 2.36. The van der Waals surface area contributed by atoms with Gasteiger partial charge in [0.25, 0.3) is 0 Å². The summed E-state index contributed by atoms with van der Waals surface area (Å²) in [4.78, 5) is 2.60. The highest BCUT2D eigenvalue weighted by Crippen LogP contribution is 2.31. The Bertz CT molecular complexity index is 373. The van der Waals surface area contributed by atoms with Crippen LogP contribution in [-0.2, 0) is 7.05 Å². The minimum atomic E-state index is 0.481. The number of fused-ring (bicyclic) bond motifs is 1. The Balaban J connectivity index is 1.71. The maximum absolute atomic E-state index is 4.27. The molecule has 2 aliphatic heterocycles. The van der Waals surface area contributed by atoms with Crippen LogP contribution in [0.1, 0.15) is 31.5 Å². The van der Waals surface area contributed by atoms with Crippen molar-refractivity contribution in [3.63, 3.8) is 0 Å². The Morgan fingerprint density at radius 1 is 1.47 bits per heavy atom. The van der Waals surface area contributed by atoms with Crippen molar-refractivity contribution in [2.24, 2.45) is 13.0 Å². The minimum absolute atomic E-state index is 0.481. The molecule has 3 heterocycles. The van der Waals surface area contributed by atoms with E-state index in [2.05, 4.69) is 28.3 Å². The fourth-order valence-electron chi connectivity index (χ4n) is 3.38. The van der Waals surface area contributed by atoms with Crippen LogP contribution in [0.2, 0.25) is 0 Å². The van der Waals surface area contributed by atoms with Gasteiger partial charge < -0.3 is 5.32 Å². The Kier molecular flexibility index (Phi) is 2.92. The first-order valence-electron chi connectivity index (χ1n) is 6.71. The van der Waals surface area contributed by atoms with E-state index in [1.165, 1.54) is 38.2 Å². The van der Waals surface area contributed by atoms with Crippen molar-refractivity contribution in [2.45, 2.75) is 31.8 Å². The fourth-order valence-corrected chi connectivity index (χ4v) is 3.38. The summed E-state index contributed by atoms with van der Waals surface area (Å²) >= 11 is 0. The number of rotatable bonds is 2. The van der Waals surface area contributed by atoms with Gasteiger partial charge in [0.05, 0.1) is 5.69 Å². The van der Waals surface area contributed by atoms with Crippen molar-refractivity contribution in [1.29, 1.82) is 0 Å². The van der Waals surface area contributed by atoms with Crippen LogP contribution in [0.4, 0.5) is 0 Å².